The van der Waals surface area contributed by atoms with E-state index in [0.29, 0.717) is 56.1 Å². The van der Waals surface area contributed by atoms with E-state index in [2.05, 4.69) is 168 Å². The number of nitrogens with one attached hydrogen (secondary N) is 5. The predicted octanol–water partition coefficient (Wildman–Crippen LogP) is 33.2. The molecule has 1 aliphatic rings. The summed E-state index contributed by atoms with van der Waals surface area (Å²) in [5.74, 6) is 0.708. The molecule has 127 heavy (non-hydrogen) atoms. The molecule has 5 heterocycles. The Morgan fingerprint density at radius 2 is 0.551 bits per heavy atom. The van der Waals surface area contributed by atoms with E-state index in [0.717, 1.165) is 117 Å². The zero-order valence-corrected chi connectivity index (χ0v) is 77.4. The first kappa shape index (κ1) is 92.0. The van der Waals surface area contributed by atoms with Crippen molar-refractivity contribution in [2.24, 2.45) is 0 Å². The Bertz CT molecular complexity index is 6370. The second-order valence-electron chi connectivity index (χ2n) is 29.7. The monoisotopic (exact) mass is 1920 g/mol. The van der Waals surface area contributed by atoms with Crippen LogP contribution >= 0.6 is 132 Å². The zero-order chi connectivity index (χ0) is 88.4. The molecule has 17 aromatic rings. The van der Waals surface area contributed by atoms with Gasteiger partial charge in [-0.2, -0.15) is 0 Å². The number of aryl methyl sites for hydroxylation is 1. The third-order valence-corrected chi connectivity index (χ3v) is 24.7. The van der Waals surface area contributed by atoms with E-state index in [4.69, 9.17) is 131 Å². The first-order valence-electron chi connectivity index (χ1n) is 40.8. The van der Waals surface area contributed by atoms with Gasteiger partial charge in [0.15, 0.2) is 0 Å². The van der Waals surface area contributed by atoms with E-state index in [1.807, 2.05) is 256 Å². The largest absolute Gasteiger partial charge is 0.373 e. The van der Waals surface area contributed by atoms with Crippen LogP contribution in [0.4, 0.5) is 28.4 Å². The predicted molar refractivity (Wildman–Crippen MR) is 538 cm³/mol. The standard InChI is InChI=1S/2C24H18Cl2N2.C21H18Cl2N2.C19H16Cl2N2.C18H13BrCl2N2/c25-20-15-14-19(16-21(20)26)27-24(18-10-5-2-6-11-18)23-13-7-12-22(28-23)17-8-3-1-4-9-17;25-21-13-12-20(15-22(21)26)28-24(18-9-5-2-6-10-18)23-14-11-19(16-27-23)17-7-3-1-4-8-17;22-18-10-9-17(12-19(18)23)25-21(15-4-2-1-3-5-15)20-11-8-16(13-24-20)14-6-7-14;1-13-7-10-18(22-12-13)19(14-5-3-2-4-6-14)23-15-8-9-16(20)17(21)11-15;19-17-8-4-7-16(23-17)18(12-5-2-1-3-6-12)22-13-9-10-14(20)15(21)11-13/h1-16,24,27H;1-16,24,28H;1-5,8-14,21,25H,6-7H2;2-12,19,23H,1H3;1-11,18,22H. The Hall–Kier alpha value is -11.2. The van der Waals surface area contributed by atoms with E-state index in [-0.39, 0.29) is 30.2 Å². The molecule has 5 N–H and O–H groups in total. The van der Waals surface area contributed by atoms with E-state index >= 15 is 0 Å². The number of anilines is 5. The van der Waals surface area contributed by atoms with Crippen LogP contribution in [0.2, 0.25) is 50.2 Å². The Labute approximate surface area is 799 Å². The van der Waals surface area contributed by atoms with Crippen molar-refractivity contribution in [3.63, 3.8) is 0 Å². The molecular weight excluding hydrogens is 1850 g/mol. The van der Waals surface area contributed by atoms with E-state index in [1.165, 1.54) is 18.4 Å². The average molecular weight is 1930 g/mol. The number of halogens is 11. The molecule has 634 valence electrons. The number of hydrogen-bond donors (Lipinski definition) is 5. The number of pyridine rings is 5. The highest BCUT2D eigenvalue weighted by Gasteiger charge is 2.26. The maximum absolute atomic E-state index is 6.21. The molecule has 12 aromatic carbocycles. The van der Waals surface area contributed by atoms with Gasteiger partial charge in [0.2, 0.25) is 0 Å². The highest BCUT2D eigenvalue weighted by molar-refractivity contribution is 9.10. The first-order chi connectivity index (χ1) is 61.9. The lowest BCUT2D eigenvalue weighted by atomic mass is 10.0. The van der Waals surface area contributed by atoms with Gasteiger partial charge >= 0.3 is 0 Å². The molecule has 0 amide bonds. The summed E-state index contributed by atoms with van der Waals surface area (Å²) >= 11 is 64.4. The molecule has 10 nitrogen and oxygen atoms in total. The SMILES string of the molecule is Cc1ccc(C(Nc2ccc(Cl)c(Cl)c2)c2ccccc2)nc1.Clc1ccc(NC(c2ccccc2)c2ccc(-c3ccccc3)cn2)cc1Cl.Clc1ccc(NC(c2ccccc2)c2ccc(C3CC3)cn2)cc1Cl.Clc1ccc(NC(c2ccccc2)c2cccc(-c3ccccc3)n2)cc1Cl.Clc1ccc(NC(c2ccccc2)c2cccc(Br)n2)cc1Cl. The normalized spacial score (nSPS) is 12.5. The van der Waals surface area contributed by atoms with Crippen LogP contribution in [0.1, 0.15) is 116 Å². The van der Waals surface area contributed by atoms with Gasteiger partial charge in [0, 0.05) is 58.2 Å². The molecule has 5 atom stereocenters. The molecule has 18 rings (SSSR count). The van der Waals surface area contributed by atoms with Gasteiger partial charge < -0.3 is 26.6 Å². The Morgan fingerprint density at radius 3 is 0.850 bits per heavy atom. The van der Waals surface area contributed by atoms with Crippen LogP contribution in [0.15, 0.2) is 399 Å². The summed E-state index contributed by atoms with van der Waals surface area (Å²) in [6.07, 6.45) is 8.37. The van der Waals surface area contributed by atoms with Gasteiger partial charge in [-0.3, -0.25) is 19.9 Å². The fraction of sp³-hybridized carbons (Fsp3) is 0.0849. The third-order valence-electron chi connectivity index (χ3n) is 20.6. The lowest BCUT2D eigenvalue weighted by molar-refractivity contribution is 0.879. The smallest absolute Gasteiger partial charge is 0.106 e. The zero-order valence-electron chi connectivity index (χ0n) is 68.3. The van der Waals surface area contributed by atoms with Gasteiger partial charge in [-0.1, -0.05) is 359 Å². The minimum Gasteiger partial charge on any atom is -0.373 e. The molecule has 0 bridgehead atoms. The highest BCUT2D eigenvalue weighted by atomic mass is 79.9. The van der Waals surface area contributed by atoms with Crippen LogP contribution in [0.3, 0.4) is 0 Å². The summed E-state index contributed by atoms with van der Waals surface area (Å²) in [7, 11) is 0. The Balaban J connectivity index is 0.000000129. The molecule has 5 aromatic heterocycles. The number of benzene rings is 12. The van der Waals surface area contributed by atoms with Gasteiger partial charge in [-0.25, -0.2) is 4.98 Å². The summed E-state index contributed by atoms with van der Waals surface area (Å²) in [6.45, 7) is 2.03. The minimum atomic E-state index is -0.123. The molecular formula is C106H83BrCl10N10. The molecule has 1 fully saturated rings. The molecule has 0 aliphatic heterocycles. The van der Waals surface area contributed by atoms with Crippen LogP contribution < -0.4 is 26.6 Å². The van der Waals surface area contributed by atoms with E-state index in [1.54, 1.807) is 30.3 Å². The lowest BCUT2D eigenvalue weighted by Gasteiger charge is -2.21. The summed E-state index contributed by atoms with van der Waals surface area (Å²) in [5.41, 5.74) is 21.6. The third kappa shape index (κ3) is 26.5. The maximum atomic E-state index is 6.21. The van der Waals surface area contributed by atoms with Gasteiger partial charge in [-0.05, 0) is 220 Å². The molecule has 0 radical (unpaired) electrons. The minimum absolute atomic E-state index is 0.0494. The average Bonchev–Trinajstić information content (AvgIpc) is 1.79. The lowest BCUT2D eigenvalue weighted by Crippen LogP contribution is -2.14. The van der Waals surface area contributed by atoms with Gasteiger partial charge in [0.05, 0.1) is 115 Å². The Morgan fingerprint density at radius 1 is 0.252 bits per heavy atom. The van der Waals surface area contributed by atoms with Gasteiger partial charge in [-0.15, -0.1) is 0 Å². The quantitative estimate of drug-likeness (QED) is 0.0396. The molecule has 21 heteroatoms. The fourth-order valence-electron chi connectivity index (χ4n) is 13.9. The second kappa shape index (κ2) is 46.0. The van der Waals surface area contributed by atoms with Crippen LogP contribution in [-0.4, -0.2) is 24.9 Å². The highest BCUT2D eigenvalue weighted by Crippen LogP contribution is 2.42. The van der Waals surface area contributed by atoms with E-state index in [9.17, 15) is 0 Å². The summed E-state index contributed by atoms with van der Waals surface area (Å²) in [6, 6.07) is 123. The van der Waals surface area contributed by atoms with Crippen molar-refractivity contribution >= 4 is 160 Å². The first-order valence-corrected chi connectivity index (χ1v) is 45.3. The van der Waals surface area contributed by atoms with Crippen molar-refractivity contribution in [2.75, 3.05) is 26.6 Å². The summed E-state index contributed by atoms with van der Waals surface area (Å²) in [4.78, 5) is 23.6. The van der Waals surface area contributed by atoms with Crippen molar-refractivity contribution in [2.45, 2.75) is 55.9 Å². The van der Waals surface area contributed by atoms with Crippen molar-refractivity contribution in [3.8, 4) is 22.4 Å². The summed E-state index contributed by atoms with van der Waals surface area (Å²) < 4.78 is 0.798. The summed E-state index contributed by atoms with van der Waals surface area (Å²) in [5, 5.41) is 22.9. The molecule has 5 unspecified atom stereocenters. The number of nitrogens with zero attached hydrogens (tertiary/aromatic N) is 5. The van der Waals surface area contributed by atoms with Crippen molar-refractivity contribution in [1.82, 2.24) is 24.9 Å². The number of hydrogen-bond acceptors (Lipinski definition) is 10. The van der Waals surface area contributed by atoms with Crippen LogP contribution in [0.5, 0.6) is 0 Å². The van der Waals surface area contributed by atoms with Gasteiger partial charge in [0.1, 0.15) is 4.60 Å². The molecule has 1 saturated carbocycles. The Kier molecular flexibility index (Phi) is 33.3. The van der Waals surface area contributed by atoms with Crippen molar-refractivity contribution in [1.29, 1.82) is 0 Å². The second-order valence-corrected chi connectivity index (χ2v) is 34.6. The molecule has 0 spiro atoms. The molecule has 1 aliphatic carbocycles. The van der Waals surface area contributed by atoms with Gasteiger partial charge in [0.25, 0.3) is 0 Å². The topological polar surface area (TPSA) is 125 Å². The van der Waals surface area contributed by atoms with Crippen LogP contribution in [0.25, 0.3) is 22.4 Å². The van der Waals surface area contributed by atoms with Crippen LogP contribution in [0, 0.1) is 6.92 Å². The van der Waals surface area contributed by atoms with Crippen molar-refractivity contribution in [3.05, 3.63) is 517 Å². The fourth-order valence-corrected chi connectivity index (χ4v) is 15.7. The van der Waals surface area contributed by atoms with E-state index < -0.39 is 0 Å². The van der Waals surface area contributed by atoms with Crippen LogP contribution in [-0.2, 0) is 0 Å². The van der Waals surface area contributed by atoms with Crippen molar-refractivity contribution < 1.29 is 0 Å². The number of rotatable bonds is 23. The maximum Gasteiger partial charge on any atom is 0.106 e. The number of aromatic nitrogens is 5. The molecule has 0 saturated heterocycles.